The molecule has 2 nitrogen and oxygen atoms in total. The summed E-state index contributed by atoms with van der Waals surface area (Å²) in [7, 11) is 0. The summed E-state index contributed by atoms with van der Waals surface area (Å²) in [6, 6.07) is 0. The van der Waals surface area contributed by atoms with E-state index in [1.54, 1.807) is 0 Å². The van der Waals surface area contributed by atoms with Crippen LogP contribution in [0.25, 0.3) is 0 Å². The molecule has 0 fully saturated rings. The van der Waals surface area contributed by atoms with Gasteiger partial charge in [0, 0.05) is 0 Å². The molecule has 0 aromatic heterocycles. The van der Waals surface area contributed by atoms with E-state index in [0.29, 0.717) is 0 Å². The summed E-state index contributed by atoms with van der Waals surface area (Å²) in [5.41, 5.74) is 5.51. The number of rotatable bonds is 9. The second kappa shape index (κ2) is 16.4. The minimum absolute atomic E-state index is 0.828. The fourth-order valence-electron chi connectivity index (χ4n) is 1.41. The molecule has 0 saturated heterocycles. The predicted molar refractivity (Wildman–Crippen MR) is 71.3 cm³/mol. The molecule has 0 heterocycles. The van der Waals surface area contributed by atoms with Crippen molar-refractivity contribution in [3.8, 4) is 0 Å². The molecule has 0 rings (SSSR count). The van der Waals surface area contributed by atoms with Crippen molar-refractivity contribution in [3.63, 3.8) is 0 Å². The molecule has 0 aliphatic heterocycles. The first kappa shape index (κ1) is 17.3. The van der Waals surface area contributed by atoms with Crippen LogP contribution < -0.4 is 5.73 Å². The van der Waals surface area contributed by atoms with Crippen molar-refractivity contribution in [1.29, 1.82) is 0 Å². The molecule has 0 aromatic rings. The molecule has 0 bridgehead atoms. The van der Waals surface area contributed by atoms with Crippen LogP contribution in [-0.2, 0) is 0 Å². The van der Waals surface area contributed by atoms with Crippen LogP contribution in [0.1, 0.15) is 59.8 Å². The zero-order valence-electron chi connectivity index (χ0n) is 11.4. The van der Waals surface area contributed by atoms with Crippen LogP contribution in [0, 0.1) is 0 Å². The van der Waals surface area contributed by atoms with Gasteiger partial charge >= 0.3 is 0 Å². The van der Waals surface area contributed by atoms with Crippen molar-refractivity contribution >= 4 is 0 Å². The molecule has 15 heavy (non-hydrogen) atoms. The fraction of sp³-hybridized carbons (Fsp3) is 1.00. The van der Waals surface area contributed by atoms with E-state index in [-0.39, 0.29) is 0 Å². The van der Waals surface area contributed by atoms with Gasteiger partial charge in [-0.3, -0.25) is 0 Å². The van der Waals surface area contributed by atoms with Gasteiger partial charge in [-0.05, 0) is 45.4 Å². The zero-order valence-corrected chi connectivity index (χ0v) is 11.4. The summed E-state index contributed by atoms with van der Waals surface area (Å²) in [5, 5.41) is 0. The molecule has 94 valence electrons. The molecule has 2 N–H and O–H groups in total. The van der Waals surface area contributed by atoms with E-state index in [2.05, 4.69) is 18.7 Å². The number of hydrogen-bond donors (Lipinski definition) is 1. The Morgan fingerprint density at radius 2 is 1.20 bits per heavy atom. The second-order valence-corrected chi connectivity index (χ2v) is 3.69. The zero-order chi connectivity index (χ0) is 11.9. The van der Waals surface area contributed by atoms with Gasteiger partial charge in [0.05, 0.1) is 0 Å². The number of unbranched alkanes of at least 4 members (excludes halogenated alkanes) is 2. The maximum Gasteiger partial charge on any atom is -0.000672 e. The van der Waals surface area contributed by atoms with Crippen molar-refractivity contribution in [2.45, 2.75) is 59.8 Å². The van der Waals surface area contributed by atoms with Gasteiger partial charge < -0.3 is 10.6 Å². The van der Waals surface area contributed by atoms with Crippen LogP contribution in [0.2, 0.25) is 0 Å². The van der Waals surface area contributed by atoms with E-state index in [0.717, 1.165) is 13.0 Å². The Morgan fingerprint density at radius 1 is 0.800 bits per heavy atom. The topological polar surface area (TPSA) is 29.3 Å². The van der Waals surface area contributed by atoms with Crippen molar-refractivity contribution < 1.29 is 0 Å². The van der Waals surface area contributed by atoms with E-state index < -0.39 is 0 Å². The minimum atomic E-state index is 0.828. The van der Waals surface area contributed by atoms with Crippen molar-refractivity contribution in [1.82, 2.24) is 4.90 Å². The first-order chi connectivity index (χ1) is 7.35. The molecule has 0 unspecified atom stereocenters. The Labute approximate surface area is 97.2 Å². The van der Waals surface area contributed by atoms with Crippen LogP contribution in [0.3, 0.4) is 0 Å². The molecule has 0 radical (unpaired) electrons. The van der Waals surface area contributed by atoms with Gasteiger partial charge in [-0.2, -0.15) is 0 Å². The smallest absolute Gasteiger partial charge is 0.000672 e. The van der Waals surface area contributed by atoms with Gasteiger partial charge in [0.2, 0.25) is 0 Å². The Balaban J connectivity index is 0. The summed E-state index contributed by atoms with van der Waals surface area (Å²) in [6.07, 6.45) is 6.40. The van der Waals surface area contributed by atoms with Crippen LogP contribution >= 0.6 is 0 Å². The molecule has 0 atom stereocenters. The number of nitrogens with zero attached hydrogens (tertiary/aromatic N) is 1. The van der Waals surface area contributed by atoms with Gasteiger partial charge in [0.25, 0.3) is 0 Å². The summed E-state index contributed by atoms with van der Waals surface area (Å²) in [5.74, 6) is 0. The summed E-state index contributed by atoms with van der Waals surface area (Å²) in [6.45, 7) is 13.0. The highest BCUT2D eigenvalue weighted by atomic mass is 15.1. The van der Waals surface area contributed by atoms with E-state index in [4.69, 9.17) is 5.73 Å². The third-order valence-electron chi connectivity index (χ3n) is 2.33. The van der Waals surface area contributed by atoms with Crippen LogP contribution in [0.5, 0.6) is 0 Å². The number of nitrogens with two attached hydrogens (primary N) is 1. The van der Waals surface area contributed by atoms with Crippen molar-refractivity contribution in [2.75, 3.05) is 26.2 Å². The van der Waals surface area contributed by atoms with Crippen LogP contribution in [0.4, 0.5) is 0 Å². The third-order valence-corrected chi connectivity index (χ3v) is 2.33. The second-order valence-electron chi connectivity index (χ2n) is 3.69. The monoisotopic (exact) mass is 216 g/mol. The lowest BCUT2D eigenvalue weighted by molar-refractivity contribution is 0.263. The van der Waals surface area contributed by atoms with Gasteiger partial charge in [0.1, 0.15) is 0 Å². The predicted octanol–water partition coefficient (Wildman–Crippen LogP) is 3.26. The Hall–Kier alpha value is -0.0800. The van der Waals surface area contributed by atoms with E-state index >= 15 is 0 Å². The average Bonchev–Trinajstić information content (AvgIpc) is 2.31. The SMILES string of the molecule is CC.CCCCN(CCCC)CCCN. The quantitative estimate of drug-likeness (QED) is 0.641. The largest absolute Gasteiger partial charge is 0.330 e. The van der Waals surface area contributed by atoms with E-state index in [1.807, 2.05) is 13.8 Å². The van der Waals surface area contributed by atoms with Gasteiger partial charge in [-0.1, -0.05) is 40.5 Å². The molecule has 2 heteroatoms. The molecular weight excluding hydrogens is 184 g/mol. The highest BCUT2D eigenvalue weighted by molar-refractivity contribution is 4.57. The summed E-state index contributed by atoms with van der Waals surface area (Å²) >= 11 is 0. The maximum atomic E-state index is 5.51. The fourth-order valence-corrected chi connectivity index (χ4v) is 1.41. The third kappa shape index (κ3) is 13.9. The average molecular weight is 216 g/mol. The van der Waals surface area contributed by atoms with E-state index in [9.17, 15) is 0 Å². The first-order valence-corrected chi connectivity index (χ1v) is 6.77. The van der Waals surface area contributed by atoms with Crippen molar-refractivity contribution in [2.24, 2.45) is 5.73 Å². The molecular formula is C13H32N2. The molecule has 0 saturated carbocycles. The van der Waals surface area contributed by atoms with E-state index in [1.165, 1.54) is 45.3 Å². The minimum Gasteiger partial charge on any atom is -0.330 e. The van der Waals surface area contributed by atoms with Crippen LogP contribution in [0.15, 0.2) is 0 Å². The highest BCUT2D eigenvalue weighted by Gasteiger charge is 2.01. The Bertz CT molecular complexity index is 75.5. The molecule has 0 aromatic carbocycles. The molecule has 0 aliphatic rings. The van der Waals surface area contributed by atoms with Gasteiger partial charge in [-0.25, -0.2) is 0 Å². The lowest BCUT2D eigenvalue weighted by Crippen LogP contribution is -2.28. The lowest BCUT2D eigenvalue weighted by atomic mass is 10.2. The van der Waals surface area contributed by atoms with Crippen molar-refractivity contribution in [3.05, 3.63) is 0 Å². The Morgan fingerprint density at radius 3 is 1.53 bits per heavy atom. The molecule has 0 amide bonds. The Kier molecular flexibility index (Phi) is 18.9. The van der Waals surface area contributed by atoms with Gasteiger partial charge in [-0.15, -0.1) is 0 Å². The summed E-state index contributed by atoms with van der Waals surface area (Å²) < 4.78 is 0. The molecule has 0 aliphatic carbocycles. The van der Waals surface area contributed by atoms with Gasteiger partial charge in [0.15, 0.2) is 0 Å². The van der Waals surface area contributed by atoms with Crippen LogP contribution in [-0.4, -0.2) is 31.1 Å². The first-order valence-electron chi connectivity index (χ1n) is 6.77. The number of hydrogen-bond acceptors (Lipinski definition) is 2. The summed E-state index contributed by atoms with van der Waals surface area (Å²) in [4.78, 5) is 2.56. The normalized spacial score (nSPS) is 10.0. The standard InChI is InChI=1S/C11H26N2.C2H6/c1-3-5-9-13(10-6-4-2)11-7-8-12;1-2/h3-12H2,1-2H3;1-2H3. The lowest BCUT2D eigenvalue weighted by Gasteiger charge is -2.21. The maximum absolute atomic E-state index is 5.51. The highest BCUT2D eigenvalue weighted by Crippen LogP contribution is 1.99. The molecule has 0 spiro atoms.